The molecule has 2 aliphatic heterocycles. The summed E-state index contributed by atoms with van der Waals surface area (Å²) < 4.78 is 7.01. The van der Waals surface area contributed by atoms with Gasteiger partial charge in [-0.05, 0) is 62.1 Å². The molecule has 1 saturated heterocycles. The first-order valence-corrected chi connectivity index (χ1v) is 11.2. The van der Waals surface area contributed by atoms with Gasteiger partial charge in [-0.25, -0.2) is 0 Å². The average Bonchev–Trinajstić information content (AvgIpc) is 2.75. The van der Waals surface area contributed by atoms with Gasteiger partial charge in [-0.15, -0.1) is 0 Å². The summed E-state index contributed by atoms with van der Waals surface area (Å²) in [5, 5.41) is 2.99. The van der Waals surface area contributed by atoms with Gasteiger partial charge in [0.15, 0.2) is 6.10 Å². The van der Waals surface area contributed by atoms with Crippen LogP contribution in [0.2, 0.25) is 0 Å². The fourth-order valence-electron chi connectivity index (χ4n) is 4.03. The van der Waals surface area contributed by atoms with Gasteiger partial charge >= 0.3 is 0 Å². The van der Waals surface area contributed by atoms with E-state index in [0.717, 1.165) is 47.3 Å². The Morgan fingerprint density at radius 1 is 1.13 bits per heavy atom. The van der Waals surface area contributed by atoms with Crippen molar-refractivity contribution in [1.82, 2.24) is 4.90 Å². The molecule has 2 aromatic rings. The number of carbonyl (C=O) groups is 2. The zero-order valence-electron chi connectivity index (χ0n) is 17.1. The number of piperidine rings is 1. The van der Waals surface area contributed by atoms with Crippen molar-refractivity contribution in [3.63, 3.8) is 0 Å². The quantitative estimate of drug-likeness (QED) is 0.732. The van der Waals surface area contributed by atoms with Crippen LogP contribution in [0.15, 0.2) is 46.9 Å². The summed E-state index contributed by atoms with van der Waals surface area (Å²) >= 11 is 3.44. The molecule has 0 saturated carbocycles. The van der Waals surface area contributed by atoms with Crippen molar-refractivity contribution in [2.75, 3.05) is 36.4 Å². The van der Waals surface area contributed by atoms with Crippen LogP contribution in [0, 0.1) is 6.92 Å². The minimum absolute atomic E-state index is 0.0124. The Hall–Kier alpha value is -2.54. The van der Waals surface area contributed by atoms with Crippen molar-refractivity contribution in [1.29, 1.82) is 0 Å². The normalized spacial score (nSPS) is 18.4. The number of fused-ring (bicyclic) bond motifs is 1. The summed E-state index contributed by atoms with van der Waals surface area (Å²) in [4.78, 5) is 29.7. The highest BCUT2D eigenvalue weighted by molar-refractivity contribution is 9.10. The molecule has 2 amide bonds. The van der Waals surface area contributed by atoms with Gasteiger partial charge in [-0.1, -0.05) is 28.1 Å². The molecule has 0 aliphatic carbocycles. The molecular formula is C23H26BrN3O3. The number of ether oxygens (including phenoxy) is 1. The van der Waals surface area contributed by atoms with E-state index < -0.39 is 6.10 Å². The Bertz CT molecular complexity index is 943. The van der Waals surface area contributed by atoms with Crippen molar-refractivity contribution in [2.24, 2.45) is 0 Å². The zero-order chi connectivity index (χ0) is 21.1. The molecule has 7 heteroatoms. The van der Waals surface area contributed by atoms with E-state index in [4.69, 9.17) is 4.74 Å². The molecular weight excluding hydrogens is 446 g/mol. The molecule has 0 unspecified atom stereocenters. The number of para-hydroxylation sites is 2. The molecule has 0 aromatic heterocycles. The van der Waals surface area contributed by atoms with E-state index in [1.54, 1.807) is 0 Å². The monoisotopic (exact) mass is 471 g/mol. The molecule has 158 valence electrons. The Morgan fingerprint density at radius 2 is 1.90 bits per heavy atom. The van der Waals surface area contributed by atoms with Crippen molar-refractivity contribution in [3.05, 3.63) is 52.5 Å². The second-order valence-corrected chi connectivity index (χ2v) is 8.76. The van der Waals surface area contributed by atoms with Crippen LogP contribution in [0.1, 0.15) is 24.8 Å². The average molecular weight is 472 g/mol. The summed E-state index contributed by atoms with van der Waals surface area (Å²) in [6.45, 7) is 4.03. The molecule has 30 heavy (non-hydrogen) atoms. The van der Waals surface area contributed by atoms with E-state index in [9.17, 15) is 9.59 Å². The lowest BCUT2D eigenvalue weighted by Gasteiger charge is -2.38. The van der Waals surface area contributed by atoms with E-state index in [-0.39, 0.29) is 18.4 Å². The van der Waals surface area contributed by atoms with Crippen LogP contribution in [-0.4, -0.2) is 49.0 Å². The second kappa shape index (κ2) is 9.08. The molecule has 6 nitrogen and oxygen atoms in total. The van der Waals surface area contributed by atoms with Crippen LogP contribution >= 0.6 is 15.9 Å². The van der Waals surface area contributed by atoms with Crippen molar-refractivity contribution < 1.29 is 14.3 Å². The number of nitrogens with zero attached hydrogens (tertiary/aromatic N) is 2. The summed E-state index contributed by atoms with van der Waals surface area (Å²) in [5.41, 5.74) is 2.60. The third kappa shape index (κ3) is 4.61. The topological polar surface area (TPSA) is 61.9 Å². The summed E-state index contributed by atoms with van der Waals surface area (Å²) in [5.74, 6) is 0.534. The van der Waals surface area contributed by atoms with Gasteiger partial charge in [0, 0.05) is 23.2 Å². The van der Waals surface area contributed by atoms with Crippen molar-refractivity contribution >= 4 is 39.1 Å². The second-order valence-electron chi connectivity index (χ2n) is 7.85. The molecule has 2 aromatic carbocycles. The van der Waals surface area contributed by atoms with E-state index in [0.29, 0.717) is 12.3 Å². The zero-order valence-corrected chi connectivity index (χ0v) is 18.7. The van der Waals surface area contributed by atoms with Crippen LogP contribution in [0.5, 0.6) is 5.75 Å². The van der Waals surface area contributed by atoms with Crippen LogP contribution in [0.4, 0.5) is 11.4 Å². The number of rotatable bonds is 4. The van der Waals surface area contributed by atoms with Crippen LogP contribution in [-0.2, 0) is 9.59 Å². The number of aryl methyl sites for hydroxylation is 1. The molecule has 2 heterocycles. The predicted molar refractivity (Wildman–Crippen MR) is 121 cm³/mol. The van der Waals surface area contributed by atoms with Gasteiger partial charge in [0.25, 0.3) is 5.91 Å². The largest absolute Gasteiger partial charge is 0.477 e. The third-order valence-corrected chi connectivity index (χ3v) is 6.09. The maximum absolute atomic E-state index is 13.0. The maximum atomic E-state index is 13.0. The maximum Gasteiger partial charge on any atom is 0.265 e. The molecule has 1 N–H and O–H groups in total. The highest BCUT2D eigenvalue weighted by atomic mass is 79.9. The molecule has 0 bridgehead atoms. The fourth-order valence-corrected chi connectivity index (χ4v) is 4.51. The number of likely N-dealkylation sites (tertiary alicyclic amines) is 1. The number of nitrogens with one attached hydrogen (secondary N) is 1. The summed E-state index contributed by atoms with van der Waals surface area (Å²) in [6, 6.07) is 13.3. The highest BCUT2D eigenvalue weighted by Gasteiger charge is 2.34. The smallest absolute Gasteiger partial charge is 0.265 e. The number of halogens is 1. The molecule has 0 radical (unpaired) electrons. The standard InChI is InChI=1S/C23H26BrN3O3/c1-16-13-17(24)9-10-18(16)25-22(28)15-27-14-21(23(29)26-11-5-2-6-12-26)30-20-8-4-3-7-19(20)27/h3-4,7-10,13,21H,2,5-6,11-12,14-15H2,1H3,(H,25,28)/t21-/m1/s1. The van der Waals surface area contributed by atoms with Gasteiger partial charge in [0.1, 0.15) is 5.75 Å². The minimum atomic E-state index is -0.597. The first-order chi connectivity index (χ1) is 14.5. The van der Waals surface area contributed by atoms with Crippen molar-refractivity contribution in [2.45, 2.75) is 32.3 Å². The van der Waals surface area contributed by atoms with Gasteiger partial charge in [0.2, 0.25) is 5.91 Å². The van der Waals surface area contributed by atoms with E-state index in [2.05, 4.69) is 21.2 Å². The molecule has 1 fully saturated rings. The first kappa shape index (κ1) is 20.7. The van der Waals surface area contributed by atoms with Crippen LogP contribution < -0.4 is 15.0 Å². The van der Waals surface area contributed by atoms with Crippen LogP contribution in [0.3, 0.4) is 0 Å². The third-order valence-electron chi connectivity index (χ3n) is 5.60. The molecule has 4 rings (SSSR count). The first-order valence-electron chi connectivity index (χ1n) is 10.4. The Balaban J connectivity index is 1.49. The van der Waals surface area contributed by atoms with E-state index in [1.807, 2.05) is 59.2 Å². The van der Waals surface area contributed by atoms with Gasteiger partial charge in [-0.2, -0.15) is 0 Å². The number of amides is 2. The number of carbonyl (C=O) groups excluding carboxylic acids is 2. The van der Waals surface area contributed by atoms with Crippen LogP contribution in [0.25, 0.3) is 0 Å². The molecule has 0 spiro atoms. The van der Waals surface area contributed by atoms with Gasteiger partial charge in [0.05, 0.1) is 18.8 Å². The number of anilines is 2. The highest BCUT2D eigenvalue weighted by Crippen LogP contribution is 2.33. The van der Waals surface area contributed by atoms with Gasteiger partial charge in [-0.3, -0.25) is 9.59 Å². The number of hydrogen-bond donors (Lipinski definition) is 1. The minimum Gasteiger partial charge on any atom is -0.477 e. The lowest BCUT2D eigenvalue weighted by atomic mass is 10.1. The Kier molecular flexibility index (Phi) is 6.27. The lowest BCUT2D eigenvalue weighted by Crippen LogP contribution is -2.52. The summed E-state index contributed by atoms with van der Waals surface area (Å²) in [6.07, 6.45) is 2.64. The number of hydrogen-bond acceptors (Lipinski definition) is 4. The molecule has 2 aliphatic rings. The SMILES string of the molecule is Cc1cc(Br)ccc1NC(=O)CN1C[C@H](C(=O)N2CCCCC2)Oc2ccccc21. The van der Waals surface area contributed by atoms with E-state index in [1.165, 1.54) is 6.42 Å². The predicted octanol–water partition coefficient (Wildman–Crippen LogP) is 3.98. The molecule has 1 atom stereocenters. The Morgan fingerprint density at radius 3 is 2.67 bits per heavy atom. The summed E-state index contributed by atoms with van der Waals surface area (Å²) in [7, 11) is 0. The van der Waals surface area contributed by atoms with Gasteiger partial charge < -0.3 is 19.9 Å². The fraction of sp³-hybridized carbons (Fsp3) is 0.391. The number of benzene rings is 2. The van der Waals surface area contributed by atoms with Crippen molar-refractivity contribution in [3.8, 4) is 5.75 Å². The lowest BCUT2D eigenvalue weighted by molar-refractivity contribution is -0.139. The Labute approximate surface area is 185 Å². The van der Waals surface area contributed by atoms with E-state index >= 15 is 0 Å².